The molecule has 1 aromatic carbocycles. The minimum Gasteiger partial charge on any atom is -0.341 e. The van der Waals surface area contributed by atoms with Crippen LogP contribution < -0.4 is 0 Å². The van der Waals surface area contributed by atoms with Crippen LogP contribution in [0.15, 0.2) is 24.3 Å². The molecule has 0 aliphatic carbocycles. The highest BCUT2D eigenvalue weighted by atomic mass is 32.2. The third-order valence-corrected chi connectivity index (χ3v) is 7.83. The molecular formula is C18H23N3O3S. The van der Waals surface area contributed by atoms with E-state index < -0.39 is 9.84 Å². The molecule has 0 spiro atoms. The Labute approximate surface area is 147 Å². The van der Waals surface area contributed by atoms with E-state index in [1.807, 2.05) is 24.3 Å². The van der Waals surface area contributed by atoms with Crippen molar-refractivity contribution in [3.8, 4) is 0 Å². The van der Waals surface area contributed by atoms with Crippen molar-refractivity contribution in [3.05, 3.63) is 30.1 Å². The van der Waals surface area contributed by atoms with E-state index in [9.17, 15) is 13.2 Å². The monoisotopic (exact) mass is 361 g/mol. The SMILES string of the molecule is CCc1nc2ccccc2n1CCC(=O)N1C[C@@H]2CCS(=O)(=O)[C@@H]2C1. The predicted molar refractivity (Wildman–Crippen MR) is 96.0 cm³/mol. The summed E-state index contributed by atoms with van der Waals surface area (Å²) in [7, 11) is -3.00. The number of aryl methyl sites for hydroxylation is 2. The second-order valence-corrected chi connectivity index (χ2v) is 9.36. The van der Waals surface area contributed by atoms with Crippen molar-refractivity contribution in [1.82, 2.24) is 14.5 Å². The van der Waals surface area contributed by atoms with Gasteiger partial charge in [-0.05, 0) is 24.5 Å². The van der Waals surface area contributed by atoms with E-state index in [4.69, 9.17) is 0 Å². The molecule has 1 amide bonds. The number of carbonyl (C=O) groups is 1. The number of sulfone groups is 1. The Kier molecular flexibility index (Phi) is 4.06. The number of rotatable bonds is 4. The smallest absolute Gasteiger partial charge is 0.224 e. The summed E-state index contributed by atoms with van der Waals surface area (Å²) >= 11 is 0. The van der Waals surface area contributed by atoms with Crippen LogP contribution in [-0.2, 0) is 27.6 Å². The van der Waals surface area contributed by atoms with Crippen LogP contribution in [0, 0.1) is 5.92 Å². The molecule has 0 N–H and O–H groups in total. The zero-order chi connectivity index (χ0) is 17.6. The van der Waals surface area contributed by atoms with Crippen molar-refractivity contribution in [1.29, 1.82) is 0 Å². The van der Waals surface area contributed by atoms with E-state index in [1.54, 1.807) is 4.90 Å². The number of nitrogens with zero attached hydrogens (tertiary/aromatic N) is 3. The summed E-state index contributed by atoms with van der Waals surface area (Å²) in [5.74, 6) is 1.44. The molecule has 0 unspecified atom stereocenters. The number of para-hydroxylation sites is 2. The number of benzene rings is 1. The standard InChI is InChI=1S/C18H23N3O3S/c1-2-17-19-14-5-3-4-6-15(14)21(17)9-7-18(22)20-11-13-8-10-25(23,24)16(13)12-20/h3-6,13,16H,2,7-12H2,1H3/t13-,16+/m0/s1. The third-order valence-electron chi connectivity index (χ3n) is 5.57. The van der Waals surface area contributed by atoms with Gasteiger partial charge >= 0.3 is 0 Å². The number of likely N-dealkylation sites (tertiary alicyclic amines) is 1. The maximum Gasteiger partial charge on any atom is 0.224 e. The van der Waals surface area contributed by atoms with E-state index in [0.717, 1.165) is 23.3 Å². The number of fused-ring (bicyclic) bond motifs is 2. The van der Waals surface area contributed by atoms with Gasteiger partial charge in [-0.1, -0.05) is 19.1 Å². The van der Waals surface area contributed by atoms with Crippen molar-refractivity contribution < 1.29 is 13.2 Å². The van der Waals surface area contributed by atoms with E-state index in [1.165, 1.54) is 0 Å². The zero-order valence-corrected chi connectivity index (χ0v) is 15.2. The maximum absolute atomic E-state index is 12.6. The number of carbonyl (C=O) groups excluding carboxylic acids is 1. The second kappa shape index (κ2) is 6.12. The lowest BCUT2D eigenvalue weighted by Crippen LogP contribution is -2.32. The first-order valence-electron chi connectivity index (χ1n) is 8.93. The van der Waals surface area contributed by atoms with Crippen LogP contribution in [-0.4, -0.2) is 52.9 Å². The summed E-state index contributed by atoms with van der Waals surface area (Å²) in [6.45, 7) is 3.61. The summed E-state index contributed by atoms with van der Waals surface area (Å²) in [6.07, 6.45) is 1.89. The Morgan fingerprint density at radius 3 is 2.84 bits per heavy atom. The fourth-order valence-corrected chi connectivity index (χ4v) is 6.36. The highest BCUT2D eigenvalue weighted by Crippen LogP contribution is 2.33. The lowest BCUT2D eigenvalue weighted by atomic mass is 10.1. The van der Waals surface area contributed by atoms with Crippen molar-refractivity contribution in [2.45, 2.75) is 38.0 Å². The maximum atomic E-state index is 12.6. The van der Waals surface area contributed by atoms with E-state index in [-0.39, 0.29) is 22.8 Å². The fourth-order valence-electron chi connectivity index (χ4n) is 4.21. The van der Waals surface area contributed by atoms with Crippen molar-refractivity contribution in [2.75, 3.05) is 18.8 Å². The van der Waals surface area contributed by atoms with Crippen LogP contribution in [0.1, 0.15) is 25.6 Å². The molecule has 2 saturated heterocycles. The molecule has 2 aliphatic heterocycles. The molecule has 0 radical (unpaired) electrons. The van der Waals surface area contributed by atoms with Crippen LogP contribution in [0.25, 0.3) is 11.0 Å². The minimum atomic E-state index is -3.00. The van der Waals surface area contributed by atoms with Crippen molar-refractivity contribution in [3.63, 3.8) is 0 Å². The van der Waals surface area contributed by atoms with E-state index in [2.05, 4.69) is 16.5 Å². The number of imidazole rings is 1. The molecule has 0 saturated carbocycles. The molecule has 2 fully saturated rings. The van der Waals surface area contributed by atoms with Gasteiger partial charge in [-0.3, -0.25) is 4.79 Å². The van der Waals surface area contributed by atoms with Gasteiger partial charge in [-0.25, -0.2) is 13.4 Å². The first kappa shape index (κ1) is 16.6. The summed E-state index contributed by atoms with van der Waals surface area (Å²) in [5, 5.41) is -0.336. The molecular weight excluding hydrogens is 338 g/mol. The highest BCUT2D eigenvalue weighted by Gasteiger charge is 2.47. The van der Waals surface area contributed by atoms with Gasteiger partial charge in [0.1, 0.15) is 5.82 Å². The number of aromatic nitrogens is 2. The highest BCUT2D eigenvalue weighted by molar-refractivity contribution is 7.92. The predicted octanol–water partition coefficient (Wildman–Crippen LogP) is 1.63. The fraction of sp³-hybridized carbons (Fsp3) is 0.556. The Hall–Kier alpha value is -1.89. The summed E-state index contributed by atoms with van der Waals surface area (Å²) in [6, 6.07) is 7.96. The Morgan fingerprint density at radius 2 is 2.08 bits per heavy atom. The number of hydrogen-bond acceptors (Lipinski definition) is 4. The molecule has 4 rings (SSSR count). The molecule has 134 valence electrons. The molecule has 0 bridgehead atoms. The van der Waals surface area contributed by atoms with E-state index >= 15 is 0 Å². The van der Waals surface area contributed by atoms with Gasteiger partial charge in [-0.2, -0.15) is 0 Å². The number of amides is 1. The average molecular weight is 361 g/mol. The van der Waals surface area contributed by atoms with Crippen molar-refractivity contribution >= 4 is 26.8 Å². The summed E-state index contributed by atoms with van der Waals surface area (Å²) < 4.78 is 26.2. The quantitative estimate of drug-likeness (QED) is 0.830. The van der Waals surface area contributed by atoms with E-state index in [0.29, 0.717) is 32.5 Å². The van der Waals surface area contributed by atoms with Gasteiger partial charge in [0.15, 0.2) is 9.84 Å². The third kappa shape index (κ3) is 2.84. The van der Waals surface area contributed by atoms with Gasteiger partial charge < -0.3 is 9.47 Å². The minimum absolute atomic E-state index is 0.0458. The van der Waals surface area contributed by atoms with Crippen molar-refractivity contribution in [2.24, 2.45) is 5.92 Å². The van der Waals surface area contributed by atoms with Gasteiger partial charge in [-0.15, -0.1) is 0 Å². The second-order valence-electron chi connectivity index (χ2n) is 7.02. The lowest BCUT2D eigenvalue weighted by molar-refractivity contribution is -0.130. The zero-order valence-electron chi connectivity index (χ0n) is 14.4. The Bertz CT molecular complexity index is 919. The summed E-state index contributed by atoms with van der Waals surface area (Å²) in [4.78, 5) is 19.0. The van der Waals surface area contributed by atoms with Crippen LogP contribution in [0.4, 0.5) is 0 Å². The lowest BCUT2D eigenvalue weighted by Gasteiger charge is -2.18. The molecule has 2 aromatic rings. The summed E-state index contributed by atoms with van der Waals surface area (Å²) in [5.41, 5.74) is 2.00. The van der Waals surface area contributed by atoms with Crippen LogP contribution in [0.3, 0.4) is 0 Å². The largest absolute Gasteiger partial charge is 0.341 e. The molecule has 3 heterocycles. The molecule has 1 aromatic heterocycles. The average Bonchev–Trinajstić information content (AvgIpc) is 3.26. The normalized spacial score (nSPS) is 24.8. The molecule has 2 aliphatic rings. The van der Waals surface area contributed by atoms with Gasteiger partial charge in [0.25, 0.3) is 0 Å². The first-order chi connectivity index (χ1) is 12.0. The topological polar surface area (TPSA) is 72.3 Å². The van der Waals surface area contributed by atoms with Gasteiger partial charge in [0.2, 0.25) is 5.91 Å². The Morgan fingerprint density at radius 1 is 1.28 bits per heavy atom. The molecule has 7 heteroatoms. The molecule has 25 heavy (non-hydrogen) atoms. The number of hydrogen-bond donors (Lipinski definition) is 0. The van der Waals surface area contributed by atoms with Gasteiger partial charge in [0, 0.05) is 32.5 Å². The van der Waals surface area contributed by atoms with Gasteiger partial charge in [0.05, 0.1) is 22.0 Å². The molecule has 6 nitrogen and oxygen atoms in total. The molecule has 2 atom stereocenters. The Balaban J connectivity index is 1.47. The van der Waals surface area contributed by atoms with Crippen LogP contribution in [0.5, 0.6) is 0 Å². The van der Waals surface area contributed by atoms with Crippen LogP contribution >= 0.6 is 0 Å². The first-order valence-corrected chi connectivity index (χ1v) is 10.6. The van der Waals surface area contributed by atoms with Crippen LogP contribution in [0.2, 0.25) is 0 Å².